The van der Waals surface area contributed by atoms with Crippen LogP contribution in [-0.4, -0.2) is 9.97 Å². The van der Waals surface area contributed by atoms with E-state index in [1.54, 1.807) is 24.3 Å². The van der Waals surface area contributed by atoms with Gasteiger partial charge >= 0.3 is 0 Å². The molecule has 3 rings (SSSR count). The molecule has 2 aromatic carbocycles. The van der Waals surface area contributed by atoms with Crippen LogP contribution in [0.1, 0.15) is 36.7 Å². The minimum atomic E-state index is -0.242. The van der Waals surface area contributed by atoms with Crippen LogP contribution in [0.25, 0.3) is 22.0 Å². The van der Waals surface area contributed by atoms with E-state index in [-0.39, 0.29) is 5.56 Å². The van der Waals surface area contributed by atoms with Crippen molar-refractivity contribution in [2.45, 2.75) is 19.8 Å². The Balaban J connectivity index is 2.01. The predicted molar refractivity (Wildman–Crippen MR) is 102 cm³/mol. The average molecular weight is 359 g/mol. The Hall–Kier alpha value is -2.10. The summed E-state index contributed by atoms with van der Waals surface area (Å²) in [6.07, 6.45) is 1.78. The van der Waals surface area contributed by atoms with E-state index in [1.165, 1.54) is 5.56 Å². The third-order valence-electron chi connectivity index (χ3n) is 3.79. The lowest BCUT2D eigenvalue weighted by Crippen LogP contribution is -2.10. The van der Waals surface area contributed by atoms with E-state index in [0.717, 1.165) is 5.56 Å². The van der Waals surface area contributed by atoms with E-state index < -0.39 is 0 Å². The average Bonchev–Trinajstić information content (AvgIpc) is 2.54. The molecular formula is C19H16Cl2N2O. The van der Waals surface area contributed by atoms with Crippen molar-refractivity contribution in [1.29, 1.82) is 0 Å². The first-order valence-corrected chi connectivity index (χ1v) is 8.37. The monoisotopic (exact) mass is 358 g/mol. The lowest BCUT2D eigenvalue weighted by atomic mass is 10.0. The number of H-pyrrole nitrogens is 1. The summed E-state index contributed by atoms with van der Waals surface area (Å²) in [7, 11) is 0. The first-order chi connectivity index (χ1) is 11.4. The zero-order valence-electron chi connectivity index (χ0n) is 13.3. The molecule has 0 amide bonds. The SMILES string of the molecule is CC(C)c1ccc(/C=C(\Cl)c2nc3cc(Cl)ccc3c(=O)[nH]2)cc1. The first kappa shape index (κ1) is 16.7. The van der Waals surface area contributed by atoms with E-state index in [4.69, 9.17) is 23.2 Å². The van der Waals surface area contributed by atoms with Crippen LogP contribution in [0.15, 0.2) is 47.3 Å². The van der Waals surface area contributed by atoms with Gasteiger partial charge in [-0.1, -0.05) is 61.3 Å². The van der Waals surface area contributed by atoms with Crippen molar-refractivity contribution < 1.29 is 0 Å². The molecule has 0 atom stereocenters. The summed E-state index contributed by atoms with van der Waals surface area (Å²) in [5.74, 6) is 0.797. The Kier molecular flexibility index (Phi) is 4.74. The zero-order chi connectivity index (χ0) is 17.3. The van der Waals surface area contributed by atoms with Crippen molar-refractivity contribution in [3.05, 3.63) is 74.8 Å². The van der Waals surface area contributed by atoms with Gasteiger partial charge < -0.3 is 4.98 Å². The van der Waals surface area contributed by atoms with Crippen molar-refractivity contribution >= 4 is 45.2 Å². The zero-order valence-corrected chi connectivity index (χ0v) is 14.8. The highest BCUT2D eigenvalue weighted by Gasteiger charge is 2.07. The topological polar surface area (TPSA) is 45.8 Å². The smallest absolute Gasteiger partial charge is 0.259 e. The summed E-state index contributed by atoms with van der Waals surface area (Å²) in [6, 6.07) is 13.1. The van der Waals surface area contributed by atoms with Gasteiger partial charge in [0.05, 0.1) is 15.9 Å². The highest BCUT2D eigenvalue weighted by molar-refractivity contribution is 6.50. The Morgan fingerprint density at radius 3 is 2.54 bits per heavy atom. The Labute approximate surface area is 150 Å². The van der Waals surface area contributed by atoms with Crippen molar-refractivity contribution in [2.75, 3.05) is 0 Å². The molecule has 0 unspecified atom stereocenters. The maximum Gasteiger partial charge on any atom is 0.259 e. The molecule has 0 saturated heterocycles. The Morgan fingerprint density at radius 1 is 1.17 bits per heavy atom. The van der Waals surface area contributed by atoms with Gasteiger partial charge in [0.15, 0.2) is 5.82 Å². The van der Waals surface area contributed by atoms with Crippen LogP contribution in [-0.2, 0) is 0 Å². The van der Waals surface area contributed by atoms with Crippen LogP contribution in [0.5, 0.6) is 0 Å². The normalized spacial score (nSPS) is 12.1. The molecule has 3 nitrogen and oxygen atoms in total. The summed E-state index contributed by atoms with van der Waals surface area (Å²) in [5, 5.41) is 1.37. The second kappa shape index (κ2) is 6.80. The second-order valence-electron chi connectivity index (χ2n) is 5.89. The van der Waals surface area contributed by atoms with E-state index in [9.17, 15) is 4.79 Å². The fraction of sp³-hybridized carbons (Fsp3) is 0.158. The maximum absolute atomic E-state index is 12.2. The highest BCUT2D eigenvalue weighted by Crippen LogP contribution is 2.22. The van der Waals surface area contributed by atoms with E-state index in [2.05, 4.69) is 35.9 Å². The van der Waals surface area contributed by atoms with Gasteiger partial charge in [-0.3, -0.25) is 4.79 Å². The van der Waals surface area contributed by atoms with E-state index in [1.807, 2.05) is 12.1 Å². The summed E-state index contributed by atoms with van der Waals surface area (Å²) in [6.45, 7) is 4.29. The third-order valence-corrected chi connectivity index (χ3v) is 4.31. The molecule has 0 spiro atoms. The van der Waals surface area contributed by atoms with E-state index in [0.29, 0.717) is 32.7 Å². The van der Waals surface area contributed by atoms with Gasteiger partial charge in [0.1, 0.15) is 0 Å². The van der Waals surface area contributed by atoms with Gasteiger partial charge in [-0.25, -0.2) is 4.98 Å². The molecule has 122 valence electrons. The number of hydrogen-bond donors (Lipinski definition) is 1. The highest BCUT2D eigenvalue weighted by atomic mass is 35.5. The summed E-state index contributed by atoms with van der Waals surface area (Å²) >= 11 is 12.3. The van der Waals surface area contributed by atoms with Gasteiger partial charge in [-0.05, 0) is 41.3 Å². The number of halogens is 2. The minimum absolute atomic E-state index is 0.242. The van der Waals surface area contributed by atoms with Gasteiger partial charge in [-0.15, -0.1) is 0 Å². The van der Waals surface area contributed by atoms with Crippen LogP contribution in [0.2, 0.25) is 5.02 Å². The molecule has 3 aromatic rings. The molecule has 0 radical (unpaired) electrons. The number of rotatable bonds is 3. The number of nitrogens with one attached hydrogen (secondary N) is 1. The second-order valence-corrected chi connectivity index (χ2v) is 6.73. The van der Waals surface area contributed by atoms with Crippen molar-refractivity contribution in [1.82, 2.24) is 9.97 Å². The van der Waals surface area contributed by atoms with Crippen LogP contribution in [0, 0.1) is 0 Å². The summed E-state index contributed by atoms with van der Waals surface area (Å²) in [5.41, 5.74) is 2.48. The molecule has 1 aromatic heterocycles. The number of hydrogen-bond acceptors (Lipinski definition) is 2. The van der Waals surface area contributed by atoms with Crippen LogP contribution in [0.3, 0.4) is 0 Å². The fourth-order valence-electron chi connectivity index (χ4n) is 2.42. The molecule has 0 aliphatic rings. The molecule has 0 fully saturated rings. The van der Waals surface area contributed by atoms with Crippen molar-refractivity contribution in [3.63, 3.8) is 0 Å². The molecule has 1 heterocycles. The quantitative estimate of drug-likeness (QED) is 0.677. The Bertz CT molecular complexity index is 973. The lowest BCUT2D eigenvalue weighted by Gasteiger charge is -2.06. The van der Waals surface area contributed by atoms with Crippen molar-refractivity contribution in [2.24, 2.45) is 0 Å². The number of aromatic amines is 1. The van der Waals surface area contributed by atoms with Gasteiger partial charge in [-0.2, -0.15) is 0 Å². The number of fused-ring (bicyclic) bond motifs is 1. The molecule has 0 saturated carbocycles. The van der Waals surface area contributed by atoms with Gasteiger partial charge in [0.2, 0.25) is 0 Å². The number of benzene rings is 2. The summed E-state index contributed by atoms with van der Waals surface area (Å²) < 4.78 is 0. The molecule has 0 bridgehead atoms. The number of nitrogens with zero attached hydrogens (tertiary/aromatic N) is 1. The third kappa shape index (κ3) is 3.53. The van der Waals surface area contributed by atoms with Crippen LogP contribution in [0.4, 0.5) is 0 Å². The molecule has 5 heteroatoms. The largest absolute Gasteiger partial charge is 0.305 e. The number of aromatic nitrogens is 2. The summed E-state index contributed by atoms with van der Waals surface area (Å²) in [4.78, 5) is 19.3. The fourth-order valence-corrected chi connectivity index (χ4v) is 2.80. The molecular weight excluding hydrogens is 343 g/mol. The first-order valence-electron chi connectivity index (χ1n) is 7.61. The molecule has 0 aliphatic carbocycles. The van der Waals surface area contributed by atoms with Crippen LogP contribution >= 0.6 is 23.2 Å². The van der Waals surface area contributed by atoms with Crippen LogP contribution < -0.4 is 5.56 Å². The van der Waals surface area contributed by atoms with Gasteiger partial charge in [0, 0.05) is 5.02 Å². The molecule has 1 N–H and O–H groups in total. The molecule has 0 aliphatic heterocycles. The Morgan fingerprint density at radius 2 is 1.88 bits per heavy atom. The standard InChI is InChI=1S/C19H16Cl2N2O/c1-11(2)13-5-3-12(4-6-13)9-16(21)18-22-17-10-14(20)7-8-15(17)19(24)23-18/h3-11H,1-2H3,(H,22,23,24)/b16-9-. The van der Waals surface area contributed by atoms with E-state index >= 15 is 0 Å². The maximum atomic E-state index is 12.2. The van der Waals surface area contributed by atoms with Gasteiger partial charge in [0.25, 0.3) is 5.56 Å². The predicted octanol–water partition coefficient (Wildman–Crippen LogP) is 5.44. The van der Waals surface area contributed by atoms with Crippen molar-refractivity contribution in [3.8, 4) is 0 Å². The lowest BCUT2D eigenvalue weighted by molar-refractivity contribution is 0.866. The minimum Gasteiger partial charge on any atom is -0.305 e. The molecule has 24 heavy (non-hydrogen) atoms.